The molecule has 0 saturated heterocycles. The summed E-state index contributed by atoms with van der Waals surface area (Å²) in [7, 11) is 3.32. The Labute approximate surface area is 79.8 Å². The molecule has 0 amide bonds. The van der Waals surface area contributed by atoms with E-state index in [0.29, 0.717) is 16.7 Å². The summed E-state index contributed by atoms with van der Waals surface area (Å²) in [5.74, 6) is 0. The van der Waals surface area contributed by atoms with Crippen LogP contribution in [0.4, 0.5) is 0 Å². The van der Waals surface area contributed by atoms with Crippen LogP contribution >= 0.6 is 0 Å². The fourth-order valence-electron chi connectivity index (χ4n) is 1.43. The molecule has 0 atom stereocenters. The summed E-state index contributed by atoms with van der Waals surface area (Å²) in [5, 5.41) is 8.68. The molecule has 0 saturated carbocycles. The van der Waals surface area contributed by atoms with Gasteiger partial charge in [-0.15, -0.1) is 0 Å². The normalized spacial score (nSPS) is 10.4. The second-order valence-electron chi connectivity index (χ2n) is 3.08. The summed E-state index contributed by atoms with van der Waals surface area (Å²) in [5.41, 5.74) is 1.59. The summed E-state index contributed by atoms with van der Waals surface area (Å²) in [4.78, 5) is 15.5. The smallest absolute Gasteiger partial charge is 0.293 e. The minimum Gasteiger partial charge on any atom is -0.293 e. The van der Waals surface area contributed by atoms with E-state index in [9.17, 15) is 4.79 Å². The molecule has 5 heteroatoms. The average molecular weight is 188 g/mol. The Balaban J connectivity index is 2.98. The summed E-state index contributed by atoms with van der Waals surface area (Å²) >= 11 is 0. The lowest BCUT2D eigenvalue weighted by Crippen LogP contribution is -2.19. The van der Waals surface area contributed by atoms with Crippen LogP contribution in [0.5, 0.6) is 0 Å². The van der Waals surface area contributed by atoms with Crippen molar-refractivity contribution < 1.29 is 0 Å². The van der Waals surface area contributed by atoms with Gasteiger partial charge in [0.15, 0.2) is 5.65 Å². The number of imidazole rings is 1. The third kappa shape index (κ3) is 0.941. The van der Waals surface area contributed by atoms with Crippen molar-refractivity contribution in [1.82, 2.24) is 14.1 Å². The van der Waals surface area contributed by atoms with Crippen molar-refractivity contribution in [3.63, 3.8) is 0 Å². The molecule has 2 heterocycles. The van der Waals surface area contributed by atoms with Gasteiger partial charge in [0.05, 0.1) is 11.1 Å². The highest BCUT2D eigenvalue weighted by molar-refractivity contribution is 5.72. The molecule has 14 heavy (non-hydrogen) atoms. The van der Waals surface area contributed by atoms with Gasteiger partial charge in [0, 0.05) is 20.3 Å². The topological polar surface area (TPSA) is 63.6 Å². The lowest BCUT2D eigenvalue weighted by Gasteiger charge is -1.93. The molecule has 70 valence electrons. The molecule has 2 aromatic rings. The zero-order valence-corrected chi connectivity index (χ0v) is 7.85. The van der Waals surface area contributed by atoms with Gasteiger partial charge in [-0.05, 0) is 6.07 Å². The molecule has 2 rings (SSSR count). The fourth-order valence-corrected chi connectivity index (χ4v) is 1.43. The van der Waals surface area contributed by atoms with E-state index in [2.05, 4.69) is 4.98 Å². The predicted octanol–water partition coefficient (Wildman–Crippen LogP) is 0.144. The van der Waals surface area contributed by atoms with Crippen LogP contribution in [0.15, 0.2) is 17.1 Å². The third-order valence-corrected chi connectivity index (χ3v) is 2.23. The van der Waals surface area contributed by atoms with E-state index in [1.54, 1.807) is 20.2 Å². The Morgan fingerprint density at radius 3 is 2.79 bits per heavy atom. The number of nitrogens with zero attached hydrogens (tertiary/aromatic N) is 4. The van der Waals surface area contributed by atoms with Gasteiger partial charge in [-0.25, -0.2) is 9.78 Å². The summed E-state index contributed by atoms with van der Waals surface area (Å²) in [6, 6.07) is 3.64. The molecule has 0 spiro atoms. The molecular formula is C9H8N4O. The van der Waals surface area contributed by atoms with Crippen LogP contribution in [-0.2, 0) is 14.1 Å². The van der Waals surface area contributed by atoms with E-state index in [1.165, 1.54) is 15.3 Å². The van der Waals surface area contributed by atoms with Crippen molar-refractivity contribution in [1.29, 1.82) is 5.26 Å². The first-order valence-electron chi connectivity index (χ1n) is 4.06. The number of rotatable bonds is 0. The first-order chi connectivity index (χ1) is 6.65. The Morgan fingerprint density at radius 1 is 1.43 bits per heavy atom. The number of hydrogen-bond acceptors (Lipinski definition) is 3. The van der Waals surface area contributed by atoms with Gasteiger partial charge in [0.25, 0.3) is 0 Å². The van der Waals surface area contributed by atoms with Crippen molar-refractivity contribution in [2.75, 3.05) is 0 Å². The Kier molecular flexibility index (Phi) is 1.64. The summed E-state index contributed by atoms with van der Waals surface area (Å²) in [6.07, 6.45) is 1.46. The van der Waals surface area contributed by atoms with E-state index < -0.39 is 0 Å². The highest BCUT2D eigenvalue weighted by Gasteiger charge is 2.08. The van der Waals surface area contributed by atoms with E-state index in [1.807, 2.05) is 6.07 Å². The molecule has 0 aliphatic heterocycles. The van der Waals surface area contributed by atoms with Crippen LogP contribution in [0.2, 0.25) is 0 Å². The van der Waals surface area contributed by atoms with Crippen LogP contribution in [0.3, 0.4) is 0 Å². The monoisotopic (exact) mass is 188 g/mol. The van der Waals surface area contributed by atoms with Crippen LogP contribution < -0.4 is 5.69 Å². The second kappa shape index (κ2) is 2.70. The van der Waals surface area contributed by atoms with E-state index >= 15 is 0 Å². The molecular weight excluding hydrogens is 180 g/mol. The predicted molar refractivity (Wildman–Crippen MR) is 50.7 cm³/mol. The fraction of sp³-hybridized carbons (Fsp3) is 0.222. The first kappa shape index (κ1) is 8.51. The Hall–Kier alpha value is -2.09. The maximum absolute atomic E-state index is 11.5. The van der Waals surface area contributed by atoms with Crippen LogP contribution in [0.1, 0.15) is 5.56 Å². The highest BCUT2D eigenvalue weighted by atomic mass is 16.1. The zero-order valence-electron chi connectivity index (χ0n) is 7.85. The molecule has 2 aromatic heterocycles. The first-order valence-corrected chi connectivity index (χ1v) is 4.06. The second-order valence-corrected chi connectivity index (χ2v) is 3.08. The van der Waals surface area contributed by atoms with Crippen LogP contribution in [-0.4, -0.2) is 14.1 Å². The van der Waals surface area contributed by atoms with Gasteiger partial charge >= 0.3 is 5.69 Å². The van der Waals surface area contributed by atoms with Gasteiger partial charge in [0.2, 0.25) is 0 Å². The number of hydrogen-bond donors (Lipinski definition) is 0. The standard InChI is InChI=1S/C9H8N4O/c1-12-7-3-6(4-10)5-11-8(7)13(2)9(12)14/h3,5H,1-2H3. The number of aryl methyl sites for hydroxylation is 2. The zero-order chi connectivity index (χ0) is 10.3. The Morgan fingerprint density at radius 2 is 2.14 bits per heavy atom. The molecule has 0 N–H and O–H groups in total. The number of nitriles is 1. The molecule has 0 radical (unpaired) electrons. The van der Waals surface area contributed by atoms with Crippen molar-refractivity contribution in [2.24, 2.45) is 14.1 Å². The molecule has 0 aliphatic carbocycles. The number of aromatic nitrogens is 3. The van der Waals surface area contributed by atoms with Crippen molar-refractivity contribution in [3.8, 4) is 6.07 Å². The largest absolute Gasteiger partial charge is 0.329 e. The third-order valence-electron chi connectivity index (χ3n) is 2.23. The molecule has 0 bridgehead atoms. The molecule has 0 unspecified atom stereocenters. The van der Waals surface area contributed by atoms with Gasteiger partial charge in [0.1, 0.15) is 6.07 Å². The van der Waals surface area contributed by atoms with Gasteiger partial charge in [-0.2, -0.15) is 5.26 Å². The molecule has 5 nitrogen and oxygen atoms in total. The highest BCUT2D eigenvalue weighted by Crippen LogP contribution is 2.09. The van der Waals surface area contributed by atoms with Crippen molar-refractivity contribution in [3.05, 3.63) is 28.3 Å². The van der Waals surface area contributed by atoms with Gasteiger partial charge < -0.3 is 0 Å². The van der Waals surface area contributed by atoms with E-state index in [0.717, 1.165) is 0 Å². The van der Waals surface area contributed by atoms with Gasteiger partial charge in [-0.1, -0.05) is 0 Å². The maximum Gasteiger partial charge on any atom is 0.329 e. The van der Waals surface area contributed by atoms with Gasteiger partial charge in [-0.3, -0.25) is 9.13 Å². The van der Waals surface area contributed by atoms with E-state index in [-0.39, 0.29) is 5.69 Å². The lowest BCUT2D eigenvalue weighted by molar-refractivity contribution is 0.791. The maximum atomic E-state index is 11.5. The molecule has 0 aliphatic rings. The minimum absolute atomic E-state index is 0.136. The average Bonchev–Trinajstić information content (AvgIpc) is 2.44. The number of fused-ring (bicyclic) bond motifs is 1. The Bertz CT molecular complexity index is 600. The molecule has 0 aromatic carbocycles. The summed E-state index contributed by atoms with van der Waals surface area (Å²) < 4.78 is 2.93. The number of pyridine rings is 1. The lowest BCUT2D eigenvalue weighted by atomic mass is 10.3. The molecule has 0 fully saturated rings. The van der Waals surface area contributed by atoms with E-state index in [4.69, 9.17) is 5.26 Å². The van der Waals surface area contributed by atoms with Crippen LogP contribution in [0, 0.1) is 11.3 Å². The summed E-state index contributed by atoms with van der Waals surface area (Å²) in [6.45, 7) is 0. The quantitative estimate of drug-likeness (QED) is 0.590. The minimum atomic E-state index is -0.136. The SMILES string of the molecule is Cn1c(=O)n(C)c2ncc(C#N)cc21. The van der Waals surface area contributed by atoms with Crippen molar-refractivity contribution in [2.45, 2.75) is 0 Å². The van der Waals surface area contributed by atoms with Crippen LogP contribution in [0.25, 0.3) is 11.2 Å². The van der Waals surface area contributed by atoms with Crippen molar-refractivity contribution >= 4 is 11.2 Å².